The molecular formula is C17H29N. The molecule has 102 valence electrons. The van der Waals surface area contributed by atoms with Crippen molar-refractivity contribution in [2.75, 3.05) is 0 Å². The Labute approximate surface area is 113 Å². The van der Waals surface area contributed by atoms with Crippen LogP contribution in [-0.2, 0) is 0 Å². The van der Waals surface area contributed by atoms with Gasteiger partial charge in [-0.1, -0.05) is 33.1 Å². The van der Waals surface area contributed by atoms with Gasteiger partial charge in [-0.25, -0.2) is 0 Å². The van der Waals surface area contributed by atoms with Crippen LogP contribution < -0.4 is 0 Å². The Morgan fingerprint density at radius 3 is 1.94 bits per heavy atom. The summed E-state index contributed by atoms with van der Waals surface area (Å²) in [5.41, 5.74) is 0.0388. The van der Waals surface area contributed by atoms with Crippen molar-refractivity contribution in [3.8, 4) is 6.07 Å². The third kappa shape index (κ3) is 2.90. The van der Waals surface area contributed by atoms with Gasteiger partial charge < -0.3 is 0 Å². The maximum absolute atomic E-state index is 9.35. The Morgan fingerprint density at radius 1 is 0.944 bits per heavy atom. The highest BCUT2D eigenvalue weighted by molar-refractivity contribution is 5.01. The largest absolute Gasteiger partial charge is 0.198 e. The summed E-state index contributed by atoms with van der Waals surface area (Å²) in [6, 6.07) is 2.61. The van der Waals surface area contributed by atoms with Gasteiger partial charge in [-0.05, 0) is 62.7 Å². The molecule has 1 heteroatoms. The third-order valence-corrected chi connectivity index (χ3v) is 6.04. The molecule has 0 N–H and O–H groups in total. The Hall–Kier alpha value is -0.510. The number of hydrogen-bond donors (Lipinski definition) is 0. The summed E-state index contributed by atoms with van der Waals surface area (Å²) >= 11 is 0. The molecule has 2 aliphatic carbocycles. The Bertz CT molecular complexity index is 285. The van der Waals surface area contributed by atoms with Gasteiger partial charge in [0.25, 0.3) is 0 Å². The van der Waals surface area contributed by atoms with E-state index in [0.717, 1.165) is 24.2 Å². The smallest absolute Gasteiger partial charge is 0.0689 e. The first-order valence-corrected chi connectivity index (χ1v) is 8.14. The molecule has 2 fully saturated rings. The van der Waals surface area contributed by atoms with Crippen molar-refractivity contribution in [3.63, 3.8) is 0 Å². The number of hydrogen-bond acceptors (Lipinski definition) is 1. The van der Waals surface area contributed by atoms with E-state index in [0.29, 0.717) is 0 Å². The fourth-order valence-electron chi connectivity index (χ4n) is 4.28. The zero-order valence-corrected chi connectivity index (χ0v) is 12.3. The van der Waals surface area contributed by atoms with Crippen molar-refractivity contribution in [3.05, 3.63) is 0 Å². The second-order valence-corrected chi connectivity index (χ2v) is 6.77. The van der Waals surface area contributed by atoms with Gasteiger partial charge in [-0.2, -0.15) is 5.26 Å². The van der Waals surface area contributed by atoms with Crippen LogP contribution in [0.15, 0.2) is 0 Å². The summed E-state index contributed by atoms with van der Waals surface area (Å²) in [7, 11) is 0. The molecule has 0 saturated heterocycles. The molecule has 0 aliphatic heterocycles. The summed E-state index contributed by atoms with van der Waals surface area (Å²) in [5, 5.41) is 9.35. The lowest BCUT2D eigenvalue weighted by Gasteiger charge is -2.40. The molecule has 0 aromatic carbocycles. The second kappa shape index (κ2) is 6.09. The monoisotopic (exact) mass is 247 g/mol. The van der Waals surface area contributed by atoms with Crippen LogP contribution in [0.2, 0.25) is 0 Å². The standard InChI is InChI=1S/C17H29N/c1-3-14-5-7-15(8-6-14)16-9-11-17(4-2,13-18)12-10-16/h14-16H,3-12H2,1-2H3/t14?,15?,16-,17+. The molecule has 2 saturated carbocycles. The zero-order valence-electron chi connectivity index (χ0n) is 12.3. The second-order valence-electron chi connectivity index (χ2n) is 6.77. The predicted octanol–water partition coefficient (Wildman–Crippen LogP) is 5.31. The van der Waals surface area contributed by atoms with Crippen LogP contribution in [0.4, 0.5) is 0 Å². The van der Waals surface area contributed by atoms with E-state index < -0.39 is 0 Å². The van der Waals surface area contributed by atoms with Gasteiger partial charge >= 0.3 is 0 Å². The van der Waals surface area contributed by atoms with Crippen molar-refractivity contribution >= 4 is 0 Å². The average Bonchev–Trinajstić information content (AvgIpc) is 2.47. The maximum atomic E-state index is 9.35. The van der Waals surface area contributed by atoms with Crippen molar-refractivity contribution in [1.29, 1.82) is 5.26 Å². The van der Waals surface area contributed by atoms with E-state index in [-0.39, 0.29) is 5.41 Å². The molecule has 0 aromatic heterocycles. The van der Waals surface area contributed by atoms with E-state index in [9.17, 15) is 5.26 Å². The molecule has 2 aliphatic rings. The van der Waals surface area contributed by atoms with Crippen LogP contribution in [-0.4, -0.2) is 0 Å². The summed E-state index contributed by atoms with van der Waals surface area (Å²) in [6.07, 6.45) is 13.3. The van der Waals surface area contributed by atoms with Gasteiger partial charge in [0.05, 0.1) is 11.5 Å². The quantitative estimate of drug-likeness (QED) is 0.662. The maximum Gasteiger partial charge on any atom is 0.0689 e. The topological polar surface area (TPSA) is 23.8 Å². The lowest BCUT2D eigenvalue weighted by atomic mass is 9.64. The first kappa shape index (κ1) is 13.9. The third-order valence-electron chi connectivity index (χ3n) is 6.04. The lowest BCUT2D eigenvalue weighted by Crippen LogP contribution is -2.30. The first-order valence-electron chi connectivity index (χ1n) is 8.14. The number of rotatable bonds is 3. The highest BCUT2D eigenvalue weighted by Gasteiger charge is 2.37. The summed E-state index contributed by atoms with van der Waals surface area (Å²) in [5.74, 6) is 2.94. The zero-order chi connectivity index (χ0) is 13.0. The Balaban J connectivity index is 1.82. The first-order chi connectivity index (χ1) is 8.73. The normalized spacial score (nSPS) is 41.3. The molecule has 1 nitrogen and oxygen atoms in total. The summed E-state index contributed by atoms with van der Waals surface area (Å²) in [4.78, 5) is 0. The van der Waals surface area contributed by atoms with E-state index >= 15 is 0 Å². The van der Waals surface area contributed by atoms with Crippen molar-refractivity contribution in [2.45, 2.75) is 78.1 Å². The molecule has 0 amide bonds. The lowest BCUT2D eigenvalue weighted by molar-refractivity contribution is 0.120. The van der Waals surface area contributed by atoms with Crippen LogP contribution in [0.1, 0.15) is 78.1 Å². The molecule has 0 radical (unpaired) electrons. The summed E-state index contributed by atoms with van der Waals surface area (Å²) in [6.45, 7) is 4.53. The van der Waals surface area contributed by atoms with E-state index in [1.54, 1.807) is 0 Å². The minimum atomic E-state index is 0.0388. The molecule has 0 spiro atoms. The van der Waals surface area contributed by atoms with Gasteiger partial charge in [-0.3, -0.25) is 0 Å². The van der Waals surface area contributed by atoms with Crippen LogP contribution in [0.25, 0.3) is 0 Å². The highest BCUT2D eigenvalue weighted by Crippen LogP contribution is 2.46. The molecule has 0 heterocycles. The number of nitrogens with zero attached hydrogens (tertiary/aromatic N) is 1. The van der Waals surface area contributed by atoms with E-state index in [4.69, 9.17) is 0 Å². The molecule has 0 unspecified atom stereocenters. The minimum Gasteiger partial charge on any atom is -0.198 e. The van der Waals surface area contributed by atoms with Gasteiger partial charge in [0.2, 0.25) is 0 Å². The fraction of sp³-hybridized carbons (Fsp3) is 0.941. The van der Waals surface area contributed by atoms with Crippen LogP contribution in [0.5, 0.6) is 0 Å². The molecular weight excluding hydrogens is 218 g/mol. The highest BCUT2D eigenvalue weighted by atomic mass is 14.4. The van der Waals surface area contributed by atoms with Crippen LogP contribution >= 0.6 is 0 Å². The van der Waals surface area contributed by atoms with Gasteiger partial charge in [0.15, 0.2) is 0 Å². The summed E-state index contributed by atoms with van der Waals surface area (Å²) < 4.78 is 0. The van der Waals surface area contributed by atoms with Gasteiger partial charge in [-0.15, -0.1) is 0 Å². The van der Waals surface area contributed by atoms with Crippen molar-refractivity contribution in [2.24, 2.45) is 23.2 Å². The number of nitriles is 1. The van der Waals surface area contributed by atoms with E-state index in [1.807, 2.05) is 0 Å². The van der Waals surface area contributed by atoms with E-state index in [1.165, 1.54) is 57.8 Å². The SMILES string of the molecule is CCC1CCC([C@H]2CC[C@](C#N)(CC)CC2)CC1. The van der Waals surface area contributed by atoms with Crippen LogP contribution in [0, 0.1) is 34.5 Å². The van der Waals surface area contributed by atoms with Crippen molar-refractivity contribution < 1.29 is 0 Å². The average molecular weight is 247 g/mol. The van der Waals surface area contributed by atoms with E-state index in [2.05, 4.69) is 19.9 Å². The predicted molar refractivity (Wildman–Crippen MR) is 76.0 cm³/mol. The van der Waals surface area contributed by atoms with Crippen molar-refractivity contribution in [1.82, 2.24) is 0 Å². The molecule has 0 bridgehead atoms. The molecule has 18 heavy (non-hydrogen) atoms. The fourth-order valence-corrected chi connectivity index (χ4v) is 4.28. The Kier molecular flexibility index (Phi) is 4.71. The van der Waals surface area contributed by atoms with Crippen LogP contribution in [0.3, 0.4) is 0 Å². The molecule has 0 aromatic rings. The van der Waals surface area contributed by atoms with Gasteiger partial charge in [0, 0.05) is 0 Å². The molecule has 2 rings (SSSR count). The molecule has 0 atom stereocenters. The van der Waals surface area contributed by atoms with Gasteiger partial charge in [0.1, 0.15) is 0 Å². The Morgan fingerprint density at radius 2 is 1.50 bits per heavy atom. The minimum absolute atomic E-state index is 0.0388.